The Kier molecular flexibility index (Phi) is 4.16. The van der Waals surface area contributed by atoms with Crippen LogP contribution in [0, 0.1) is 21.4 Å². The Hall–Kier alpha value is -2.44. The van der Waals surface area contributed by atoms with Crippen molar-refractivity contribution in [1.82, 2.24) is 0 Å². The molecule has 1 saturated carbocycles. The molecule has 2 atom stereocenters. The normalized spacial score (nSPS) is 23.7. The molecule has 2 N–H and O–H groups in total. The molecule has 0 radical (unpaired) electrons. The van der Waals surface area contributed by atoms with Crippen LogP contribution in [-0.2, 0) is 9.59 Å². The third-order valence-electron chi connectivity index (χ3n) is 4.53. The summed E-state index contributed by atoms with van der Waals surface area (Å²) in [4.78, 5) is 33.5. The molecule has 7 nitrogen and oxygen atoms in total. The van der Waals surface area contributed by atoms with Crippen molar-refractivity contribution in [3.8, 4) is 0 Å². The number of nitrogens with zero attached hydrogens (tertiary/aromatic N) is 1. The summed E-state index contributed by atoms with van der Waals surface area (Å²) in [6.07, 6.45) is 1.01. The van der Waals surface area contributed by atoms with Gasteiger partial charge in [0.1, 0.15) is 0 Å². The van der Waals surface area contributed by atoms with Crippen LogP contribution in [0.25, 0.3) is 0 Å². The lowest BCUT2D eigenvalue weighted by atomic mass is 9.61. The first-order valence-electron chi connectivity index (χ1n) is 7.00. The van der Waals surface area contributed by atoms with E-state index in [1.54, 1.807) is 0 Å². The van der Waals surface area contributed by atoms with Crippen LogP contribution in [-0.4, -0.2) is 27.1 Å². The Morgan fingerprint density at radius 1 is 1.23 bits per heavy atom. The molecule has 1 fully saturated rings. The van der Waals surface area contributed by atoms with E-state index in [1.165, 1.54) is 24.3 Å². The SMILES string of the molecule is CC1CCC(C(=O)O)(C(=O)O)C(c2ccc([N+](=O)[O-])cc2)C1. The summed E-state index contributed by atoms with van der Waals surface area (Å²) in [5, 5.41) is 29.8. The fourth-order valence-electron chi connectivity index (χ4n) is 3.22. The standard InChI is InChI=1S/C15H17NO6/c1-9-6-7-15(13(17)18,14(19)20)12(8-9)10-2-4-11(5-3-10)16(21)22/h2-5,9,12H,6-8H2,1H3,(H,17,18)(H,19,20). The van der Waals surface area contributed by atoms with Gasteiger partial charge in [-0.2, -0.15) is 0 Å². The van der Waals surface area contributed by atoms with Gasteiger partial charge in [-0.1, -0.05) is 19.1 Å². The molecule has 0 bridgehead atoms. The van der Waals surface area contributed by atoms with Crippen LogP contribution in [0.3, 0.4) is 0 Å². The van der Waals surface area contributed by atoms with E-state index in [2.05, 4.69) is 0 Å². The van der Waals surface area contributed by atoms with Gasteiger partial charge in [0.2, 0.25) is 0 Å². The molecule has 0 heterocycles. The van der Waals surface area contributed by atoms with Crippen molar-refractivity contribution in [2.75, 3.05) is 0 Å². The van der Waals surface area contributed by atoms with Gasteiger partial charge in [-0.15, -0.1) is 0 Å². The molecule has 2 rings (SSSR count). The topological polar surface area (TPSA) is 118 Å². The minimum Gasteiger partial charge on any atom is -0.480 e. The summed E-state index contributed by atoms with van der Waals surface area (Å²) in [6.45, 7) is 1.95. The van der Waals surface area contributed by atoms with Gasteiger partial charge in [0.25, 0.3) is 5.69 Å². The number of hydrogen-bond acceptors (Lipinski definition) is 4. The summed E-state index contributed by atoms with van der Waals surface area (Å²) in [7, 11) is 0. The van der Waals surface area contributed by atoms with Gasteiger partial charge >= 0.3 is 11.9 Å². The average Bonchev–Trinajstić information content (AvgIpc) is 2.46. The summed E-state index contributed by atoms with van der Waals surface area (Å²) >= 11 is 0. The maximum atomic E-state index is 11.7. The van der Waals surface area contributed by atoms with E-state index in [4.69, 9.17) is 0 Å². The van der Waals surface area contributed by atoms with Crippen LogP contribution in [0.15, 0.2) is 24.3 Å². The Balaban J connectivity index is 2.48. The average molecular weight is 307 g/mol. The fraction of sp³-hybridized carbons (Fsp3) is 0.467. The van der Waals surface area contributed by atoms with Crippen LogP contribution in [0.1, 0.15) is 37.7 Å². The van der Waals surface area contributed by atoms with Crippen molar-refractivity contribution in [2.45, 2.75) is 32.1 Å². The number of aliphatic carboxylic acids is 2. The number of nitro groups is 1. The largest absolute Gasteiger partial charge is 0.480 e. The summed E-state index contributed by atoms with van der Waals surface area (Å²) in [5.74, 6) is -3.20. The molecule has 0 aromatic heterocycles. The van der Waals surface area contributed by atoms with E-state index >= 15 is 0 Å². The number of rotatable bonds is 4. The highest BCUT2D eigenvalue weighted by Gasteiger charge is 2.55. The molecule has 0 aliphatic heterocycles. The highest BCUT2D eigenvalue weighted by Crippen LogP contribution is 2.49. The Morgan fingerprint density at radius 2 is 1.77 bits per heavy atom. The maximum absolute atomic E-state index is 11.7. The number of hydrogen-bond donors (Lipinski definition) is 2. The van der Waals surface area contributed by atoms with E-state index in [1.807, 2.05) is 6.92 Å². The van der Waals surface area contributed by atoms with Crippen molar-refractivity contribution in [3.05, 3.63) is 39.9 Å². The zero-order valence-electron chi connectivity index (χ0n) is 12.1. The van der Waals surface area contributed by atoms with Crippen LogP contribution < -0.4 is 0 Å². The zero-order chi connectivity index (χ0) is 16.5. The summed E-state index contributed by atoms with van der Waals surface area (Å²) < 4.78 is 0. The van der Waals surface area contributed by atoms with Crippen molar-refractivity contribution in [2.24, 2.45) is 11.3 Å². The highest BCUT2D eigenvalue weighted by atomic mass is 16.6. The smallest absolute Gasteiger partial charge is 0.321 e. The predicted molar refractivity (Wildman–Crippen MR) is 76.6 cm³/mol. The predicted octanol–water partition coefficient (Wildman–Crippen LogP) is 2.65. The summed E-state index contributed by atoms with van der Waals surface area (Å²) in [6, 6.07) is 5.48. The van der Waals surface area contributed by atoms with Crippen molar-refractivity contribution in [1.29, 1.82) is 0 Å². The minimum absolute atomic E-state index is 0.0560. The molecule has 118 valence electrons. The van der Waals surface area contributed by atoms with Crippen LogP contribution in [0.5, 0.6) is 0 Å². The van der Waals surface area contributed by atoms with E-state index < -0.39 is 28.2 Å². The lowest BCUT2D eigenvalue weighted by Crippen LogP contribution is -2.47. The second kappa shape index (κ2) is 5.75. The Labute approximate surface area is 126 Å². The third kappa shape index (κ3) is 2.54. The molecule has 0 amide bonds. The number of carboxylic acid groups (broad SMARTS) is 2. The molecule has 7 heteroatoms. The molecule has 1 aromatic rings. The van der Waals surface area contributed by atoms with Gasteiger partial charge in [-0.3, -0.25) is 19.7 Å². The lowest BCUT2D eigenvalue weighted by molar-refractivity contribution is -0.384. The second-order valence-corrected chi connectivity index (χ2v) is 5.86. The van der Waals surface area contributed by atoms with Crippen LogP contribution in [0.2, 0.25) is 0 Å². The molecule has 2 unspecified atom stereocenters. The summed E-state index contributed by atoms with van der Waals surface area (Å²) in [5.41, 5.74) is -1.46. The molecule has 0 saturated heterocycles. The first-order chi connectivity index (χ1) is 10.3. The molecule has 1 aliphatic carbocycles. The number of benzene rings is 1. The van der Waals surface area contributed by atoms with Gasteiger partial charge in [-0.05, 0) is 30.7 Å². The molecular formula is C15H17NO6. The first-order valence-corrected chi connectivity index (χ1v) is 7.00. The number of carboxylic acids is 2. The second-order valence-electron chi connectivity index (χ2n) is 5.86. The Bertz CT molecular complexity index is 595. The number of nitro benzene ring substituents is 1. The number of non-ortho nitro benzene ring substituents is 1. The van der Waals surface area contributed by atoms with Crippen LogP contribution in [0.4, 0.5) is 5.69 Å². The van der Waals surface area contributed by atoms with E-state index in [0.29, 0.717) is 18.4 Å². The van der Waals surface area contributed by atoms with Gasteiger partial charge in [0, 0.05) is 18.1 Å². The molecule has 0 spiro atoms. The highest BCUT2D eigenvalue weighted by molar-refractivity contribution is 5.99. The van der Waals surface area contributed by atoms with E-state index in [0.717, 1.165) is 0 Å². The minimum atomic E-state index is -1.87. The molecule has 1 aromatic carbocycles. The number of carbonyl (C=O) groups is 2. The van der Waals surface area contributed by atoms with Crippen molar-refractivity contribution in [3.63, 3.8) is 0 Å². The van der Waals surface area contributed by atoms with Gasteiger partial charge < -0.3 is 10.2 Å². The first kappa shape index (κ1) is 15.9. The fourth-order valence-corrected chi connectivity index (χ4v) is 3.22. The lowest BCUT2D eigenvalue weighted by Gasteiger charge is -2.40. The molecular weight excluding hydrogens is 290 g/mol. The van der Waals surface area contributed by atoms with Gasteiger partial charge in [0.05, 0.1) is 4.92 Å². The monoisotopic (exact) mass is 307 g/mol. The third-order valence-corrected chi connectivity index (χ3v) is 4.53. The van der Waals surface area contributed by atoms with E-state index in [9.17, 15) is 29.9 Å². The van der Waals surface area contributed by atoms with Gasteiger partial charge in [-0.25, -0.2) is 0 Å². The van der Waals surface area contributed by atoms with Crippen molar-refractivity contribution < 1.29 is 24.7 Å². The van der Waals surface area contributed by atoms with Crippen molar-refractivity contribution >= 4 is 17.6 Å². The van der Waals surface area contributed by atoms with E-state index in [-0.39, 0.29) is 18.0 Å². The molecule has 22 heavy (non-hydrogen) atoms. The quantitative estimate of drug-likeness (QED) is 0.501. The van der Waals surface area contributed by atoms with Gasteiger partial charge in [0.15, 0.2) is 5.41 Å². The zero-order valence-corrected chi connectivity index (χ0v) is 12.1. The van der Waals surface area contributed by atoms with Crippen LogP contribution >= 0.6 is 0 Å². The maximum Gasteiger partial charge on any atom is 0.321 e. The Morgan fingerprint density at radius 3 is 2.23 bits per heavy atom. The molecule has 1 aliphatic rings.